The highest BCUT2D eigenvalue weighted by molar-refractivity contribution is 7.99. The van der Waals surface area contributed by atoms with Crippen molar-refractivity contribution in [1.82, 2.24) is 15.5 Å². The number of nitrogens with zero attached hydrogens (tertiary/aromatic N) is 1. The number of esters is 2. The van der Waals surface area contributed by atoms with E-state index in [9.17, 15) is 34.5 Å². The molecule has 13 atom stereocenters. The molecule has 75 heavy (non-hydrogen) atoms. The van der Waals surface area contributed by atoms with Crippen LogP contribution in [0.2, 0.25) is 0 Å². The van der Waals surface area contributed by atoms with E-state index >= 15 is 0 Å². The molecule has 2 aromatic carbocycles. The molecule has 0 spiro atoms. The monoisotopic (exact) mass is 1070 g/mol. The molecule has 1 amide bonds. The Morgan fingerprint density at radius 1 is 0.933 bits per heavy atom. The highest BCUT2D eigenvalue weighted by atomic mass is 32.2. The van der Waals surface area contributed by atoms with Crippen molar-refractivity contribution in [2.45, 2.75) is 218 Å². The summed E-state index contributed by atoms with van der Waals surface area (Å²) < 4.78 is 35.0. The highest BCUT2D eigenvalue weighted by Gasteiger charge is 2.55. The van der Waals surface area contributed by atoms with Gasteiger partial charge in [0.2, 0.25) is 0 Å². The van der Waals surface area contributed by atoms with E-state index in [-0.39, 0.29) is 47.5 Å². The number of carbonyl (C=O) groups is 4. The fourth-order valence-electron chi connectivity index (χ4n) is 10.2. The van der Waals surface area contributed by atoms with Crippen LogP contribution in [0, 0.1) is 31.6 Å². The molecule has 3 fully saturated rings. The van der Waals surface area contributed by atoms with Gasteiger partial charge in [-0.25, -0.2) is 4.79 Å². The largest absolute Gasteiger partial charge is 0.508 e. The summed E-state index contributed by atoms with van der Waals surface area (Å²) in [6.07, 6.45) is -1.42. The van der Waals surface area contributed by atoms with Gasteiger partial charge in [0, 0.05) is 45.8 Å². The number of Topliss-reactive ketones (excluding diaryl/α,β-unsaturated/α-hetero) is 1. The highest BCUT2D eigenvalue weighted by Crippen LogP contribution is 2.43. The quantitative estimate of drug-likeness (QED) is 0.0685. The summed E-state index contributed by atoms with van der Waals surface area (Å²) >= 11 is 1.70. The summed E-state index contributed by atoms with van der Waals surface area (Å²) in [6, 6.07) is 6.92. The number of phenolic OH excluding ortho intramolecular Hbond substituents is 2. The van der Waals surface area contributed by atoms with Crippen LogP contribution >= 0.6 is 11.8 Å². The van der Waals surface area contributed by atoms with Gasteiger partial charge in [-0.2, -0.15) is 0 Å². The number of ketones is 1. The van der Waals surface area contributed by atoms with Crippen molar-refractivity contribution in [3.8, 4) is 11.5 Å². The van der Waals surface area contributed by atoms with Crippen LogP contribution in [0.25, 0.3) is 0 Å². The number of aliphatic hydroxyl groups excluding tert-OH is 1. The van der Waals surface area contributed by atoms with Crippen molar-refractivity contribution >= 4 is 35.6 Å². The van der Waals surface area contributed by atoms with Crippen LogP contribution in [0.15, 0.2) is 46.7 Å². The summed E-state index contributed by atoms with van der Waals surface area (Å²) in [7, 11) is 5.14. The van der Waals surface area contributed by atoms with Crippen molar-refractivity contribution in [3.63, 3.8) is 0 Å². The van der Waals surface area contributed by atoms with Gasteiger partial charge in [0.05, 0.1) is 37.6 Å². The standard InChI is InChI=1S/C33H57N3O9.C22H30O2S.C3H6O2/c1-12-14-41-32(8)16-18(3)17-34-22(7)27-33(9,45-31(40)35-27)24(13-2)43-29(39)21(6)25(37)20(5)28(32)44-30-26(38)23(36(10)11)15-19(4)42-30;1-13-9-17(23)15(21(3,4)5)11-19(13)25-20-12-16(22(6,7)8)18(24)10-14(20)2;1-3(4)5-2/h12,18-24,26-28,30,34,38H,1,13-17H2,2-11H3,(H,35,40);9-12,23-24H,1-8H3;1-2H3/t18-,19?,20+,21?,22-,23?,24-,26?,27-,28?,30+,32-,33-;;/m1../s1. The number of hydrogen-bond acceptors (Lipinski definition) is 16. The smallest absolute Gasteiger partial charge is 0.408 e. The summed E-state index contributed by atoms with van der Waals surface area (Å²) in [5.74, 6) is -2.65. The first kappa shape index (κ1) is 65.1. The number of phenols is 2. The van der Waals surface area contributed by atoms with Gasteiger partial charge in [-0.3, -0.25) is 14.4 Å². The number of fused-ring (bicyclic) bond motifs is 1. The van der Waals surface area contributed by atoms with Gasteiger partial charge < -0.3 is 59.3 Å². The van der Waals surface area contributed by atoms with Crippen LogP contribution in [0.5, 0.6) is 11.5 Å². The molecule has 3 aliphatic heterocycles. The molecule has 3 saturated heterocycles. The fraction of sp³-hybridized carbons (Fsp3) is 0.690. The summed E-state index contributed by atoms with van der Waals surface area (Å²) in [6.45, 7) is 37.3. The molecule has 5 N–H and O–H groups in total. The third-order valence-corrected chi connectivity index (χ3v) is 15.9. The second-order valence-electron chi connectivity index (χ2n) is 23.6. The van der Waals surface area contributed by atoms with Crippen LogP contribution in [0.1, 0.15) is 145 Å². The van der Waals surface area contributed by atoms with Gasteiger partial charge in [-0.15, -0.1) is 6.58 Å². The Hall–Kier alpha value is -4.23. The third-order valence-electron chi connectivity index (χ3n) is 14.6. The predicted molar refractivity (Wildman–Crippen MR) is 293 cm³/mol. The predicted octanol–water partition coefficient (Wildman–Crippen LogP) is 9.45. The number of methoxy groups -OCH3 is 1. The van der Waals surface area contributed by atoms with E-state index in [1.165, 1.54) is 21.0 Å². The molecule has 0 bridgehead atoms. The van der Waals surface area contributed by atoms with Crippen LogP contribution in [-0.4, -0.2) is 138 Å². The Morgan fingerprint density at radius 2 is 1.45 bits per heavy atom. The number of benzene rings is 2. The average Bonchev–Trinajstić information content (AvgIpc) is 3.63. The summed E-state index contributed by atoms with van der Waals surface area (Å²) in [4.78, 5) is 54.0. The Labute approximate surface area is 452 Å². The van der Waals surface area contributed by atoms with Crippen molar-refractivity contribution in [3.05, 3.63) is 59.2 Å². The van der Waals surface area contributed by atoms with Gasteiger partial charge >= 0.3 is 18.0 Å². The molecule has 3 heterocycles. The van der Waals surface area contributed by atoms with Gasteiger partial charge in [0.25, 0.3) is 0 Å². The maximum absolute atomic E-state index is 14.1. The lowest BCUT2D eigenvalue weighted by atomic mass is 9.78. The molecule has 17 heteroatoms. The average molecular weight is 1070 g/mol. The molecule has 0 radical (unpaired) electrons. The van der Waals surface area contributed by atoms with Gasteiger partial charge in [0.1, 0.15) is 29.6 Å². The van der Waals surface area contributed by atoms with E-state index < -0.39 is 71.5 Å². The topological polar surface area (TPSA) is 212 Å². The number of likely N-dealkylation sites (N-methyl/N-ethyl adjacent to an activating group) is 1. The van der Waals surface area contributed by atoms with Crippen LogP contribution < -0.4 is 10.6 Å². The maximum atomic E-state index is 14.1. The molecule has 2 aromatic rings. The van der Waals surface area contributed by atoms with Gasteiger partial charge in [-0.1, -0.05) is 80.2 Å². The SMILES string of the molecule is C=CCO[C@]1(C)C[C@@H](C)CN[C@H](C)[C@H]2NC(=O)O[C@]2(C)[C@@H](CC)OC(=O)C(C)C(=O)[C@H](C)C1O[C@@H]1OC(C)CC(N(C)C)C1O.COC(C)=O.Cc1cc(O)c(C(C)(C)C)cc1Sc1cc(C(C)(C)C)c(O)cc1C. The number of carbonyl (C=O) groups excluding carboxylic acids is 4. The lowest BCUT2D eigenvalue weighted by Crippen LogP contribution is -2.60. The maximum Gasteiger partial charge on any atom is 0.408 e. The van der Waals surface area contributed by atoms with Crippen LogP contribution in [0.3, 0.4) is 0 Å². The normalized spacial score (nSPS) is 30.9. The number of hydrogen-bond donors (Lipinski definition) is 5. The second kappa shape index (κ2) is 26.9. The number of alkyl carbamates (subject to hydrolysis) is 1. The lowest BCUT2D eigenvalue weighted by Gasteiger charge is -2.47. The molecule has 0 aliphatic carbocycles. The molecule has 5 rings (SSSR count). The van der Waals surface area contributed by atoms with Crippen molar-refractivity contribution in [1.29, 1.82) is 0 Å². The third kappa shape index (κ3) is 16.9. The van der Waals surface area contributed by atoms with Crippen LogP contribution in [0.4, 0.5) is 4.79 Å². The molecule has 3 aliphatic rings. The molecule has 5 unspecified atom stereocenters. The first-order valence-corrected chi connectivity index (χ1v) is 27.2. The zero-order valence-electron chi connectivity index (χ0n) is 48.8. The minimum atomic E-state index is -1.16. The van der Waals surface area contributed by atoms with E-state index in [1.807, 2.05) is 72.7 Å². The Kier molecular flexibility index (Phi) is 23.3. The number of aliphatic hydroxyl groups is 1. The minimum absolute atomic E-state index is 0.00740. The van der Waals surface area contributed by atoms with E-state index in [1.54, 1.807) is 31.7 Å². The van der Waals surface area contributed by atoms with Crippen molar-refractivity contribution in [2.24, 2.45) is 17.8 Å². The van der Waals surface area contributed by atoms with E-state index in [4.69, 9.17) is 23.7 Å². The van der Waals surface area contributed by atoms with Gasteiger partial charge in [-0.05, 0) is 141 Å². The van der Waals surface area contributed by atoms with Gasteiger partial charge in [0.15, 0.2) is 17.7 Å². The number of aryl methyl sites for hydroxylation is 2. The lowest BCUT2D eigenvalue weighted by molar-refractivity contribution is -0.296. The van der Waals surface area contributed by atoms with Crippen LogP contribution in [-0.2, 0) is 53.6 Å². The first-order chi connectivity index (χ1) is 34.6. The minimum Gasteiger partial charge on any atom is -0.508 e. The van der Waals surface area contributed by atoms with E-state index in [0.717, 1.165) is 32.0 Å². The number of nitrogens with one attached hydrogen (secondary N) is 2. The zero-order valence-corrected chi connectivity index (χ0v) is 49.6. The molecule has 0 aromatic heterocycles. The molecule has 16 nitrogen and oxygen atoms in total. The number of amides is 1. The van der Waals surface area contributed by atoms with E-state index in [0.29, 0.717) is 37.3 Å². The number of rotatable bonds is 9. The second-order valence-corrected chi connectivity index (χ2v) is 24.6. The molecular formula is C58H93N3O13S. The molecule has 0 saturated carbocycles. The number of cyclic esters (lactones) is 1. The Bertz CT molecular complexity index is 2210. The Balaban J connectivity index is 0.000000413. The van der Waals surface area contributed by atoms with Crippen molar-refractivity contribution < 1.29 is 62.9 Å². The number of aromatic hydroxyl groups is 2. The molecular weight excluding hydrogens is 979 g/mol. The van der Waals surface area contributed by atoms with Crippen molar-refractivity contribution in [2.75, 3.05) is 34.4 Å². The van der Waals surface area contributed by atoms with E-state index in [2.05, 4.69) is 82.5 Å². The fourth-order valence-corrected chi connectivity index (χ4v) is 11.2. The number of ether oxygens (including phenoxy) is 6. The summed E-state index contributed by atoms with van der Waals surface area (Å²) in [5, 5.41) is 38.4. The zero-order chi connectivity index (χ0) is 57.3. The summed E-state index contributed by atoms with van der Waals surface area (Å²) in [5.41, 5.74) is 1.57. The first-order valence-electron chi connectivity index (χ1n) is 26.3. The Morgan fingerprint density at radius 3 is 1.91 bits per heavy atom. The molecule has 424 valence electrons.